The molecule has 1 aliphatic heterocycles. The van der Waals surface area contributed by atoms with Gasteiger partial charge in [0.1, 0.15) is 5.69 Å². The number of alkyl halides is 3. The van der Waals surface area contributed by atoms with E-state index in [4.69, 9.17) is 4.74 Å². The van der Waals surface area contributed by atoms with Gasteiger partial charge in [-0.15, -0.1) is 0 Å². The minimum atomic E-state index is -4.45. The van der Waals surface area contributed by atoms with Crippen LogP contribution in [0.15, 0.2) is 18.3 Å². The van der Waals surface area contributed by atoms with E-state index in [2.05, 4.69) is 4.98 Å². The predicted octanol–water partition coefficient (Wildman–Crippen LogP) is 3.88. The van der Waals surface area contributed by atoms with Gasteiger partial charge in [-0.05, 0) is 46.2 Å². The number of ether oxygens (including phenoxy) is 1. The first-order chi connectivity index (χ1) is 9.42. The van der Waals surface area contributed by atoms with Gasteiger partial charge in [0.15, 0.2) is 5.78 Å². The molecule has 21 heavy (non-hydrogen) atoms. The van der Waals surface area contributed by atoms with Crippen LogP contribution in [0.3, 0.4) is 0 Å². The number of nitrogens with zero attached hydrogens (tertiary/aromatic N) is 1. The van der Waals surface area contributed by atoms with Crippen LogP contribution in [-0.2, 0) is 10.9 Å². The second kappa shape index (κ2) is 4.80. The second-order valence-corrected chi connectivity index (χ2v) is 6.52. The molecule has 1 fully saturated rings. The van der Waals surface area contributed by atoms with E-state index >= 15 is 0 Å². The van der Waals surface area contributed by atoms with Crippen LogP contribution >= 0.6 is 0 Å². The van der Waals surface area contributed by atoms with Crippen LogP contribution in [-0.4, -0.2) is 22.0 Å². The van der Waals surface area contributed by atoms with Crippen LogP contribution in [0.25, 0.3) is 0 Å². The standard InChI is InChI=1S/C15H18F3NO2/c1-13(2)7-10(14(3,4)21-13)12(20)11-6-5-9(8-19-11)15(16,17)18/h5-6,8,10H,7H2,1-4H3. The lowest BCUT2D eigenvalue weighted by molar-refractivity contribution is -0.137. The number of hydrogen-bond acceptors (Lipinski definition) is 3. The van der Waals surface area contributed by atoms with Crippen LogP contribution < -0.4 is 0 Å². The Labute approximate surface area is 121 Å². The van der Waals surface area contributed by atoms with E-state index in [0.29, 0.717) is 12.6 Å². The van der Waals surface area contributed by atoms with Crippen molar-refractivity contribution in [1.82, 2.24) is 4.98 Å². The molecule has 2 heterocycles. The summed E-state index contributed by atoms with van der Waals surface area (Å²) in [6, 6.07) is 2.01. The maximum Gasteiger partial charge on any atom is 0.417 e. The molecule has 0 spiro atoms. The molecule has 1 unspecified atom stereocenters. The fourth-order valence-corrected chi connectivity index (χ4v) is 2.86. The largest absolute Gasteiger partial charge is 0.417 e. The van der Waals surface area contributed by atoms with Crippen molar-refractivity contribution in [3.63, 3.8) is 0 Å². The molecule has 0 radical (unpaired) electrons. The predicted molar refractivity (Wildman–Crippen MR) is 70.9 cm³/mol. The Morgan fingerprint density at radius 3 is 2.29 bits per heavy atom. The zero-order valence-electron chi connectivity index (χ0n) is 12.4. The summed E-state index contributed by atoms with van der Waals surface area (Å²) in [5.74, 6) is -0.698. The molecule has 1 aliphatic rings. The average molecular weight is 301 g/mol. The molecular weight excluding hydrogens is 283 g/mol. The molecule has 116 valence electrons. The van der Waals surface area contributed by atoms with Crippen molar-refractivity contribution in [3.05, 3.63) is 29.6 Å². The lowest BCUT2D eigenvalue weighted by Gasteiger charge is -2.26. The summed E-state index contributed by atoms with van der Waals surface area (Å²) < 4.78 is 43.3. The summed E-state index contributed by atoms with van der Waals surface area (Å²) >= 11 is 0. The molecule has 2 rings (SSSR count). The Kier molecular flexibility index (Phi) is 3.64. The normalized spacial score (nSPS) is 24.0. The summed E-state index contributed by atoms with van der Waals surface area (Å²) in [7, 11) is 0. The number of halogens is 3. The van der Waals surface area contributed by atoms with E-state index in [9.17, 15) is 18.0 Å². The zero-order chi connectivity index (χ0) is 16.1. The van der Waals surface area contributed by atoms with Gasteiger partial charge in [-0.1, -0.05) is 0 Å². The summed E-state index contributed by atoms with van der Waals surface area (Å²) in [6.07, 6.45) is -3.24. The SMILES string of the molecule is CC1(C)CC(C(=O)c2ccc(C(F)(F)F)cn2)C(C)(C)O1. The monoisotopic (exact) mass is 301 g/mol. The molecule has 1 aromatic rings. The Morgan fingerprint density at radius 1 is 1.29 bits per heavy atom. The lowest BCUT2D eigenvalue weighted by Crippen LogP contribution is -2.34. The molecule has 3 nitrogen and oxygen atoms in total. The van der Waals surface area contributed by atoms with Crippen molar-refractivity contribution in [1.29, 1.82) is 0 Å². The molecule has 0 aliphatic carbocycles. The smallest absolute Gasteiger partial charge is 0.369 e. The Morgan fingerprint density at radius 2 is 1.90 bits per heavy atom. The third-order valence-corrected chi connectivity index (χ3v) is 3.73. The van der Waals surface area contributed by atoms with E-state index in [1.165, 1.54) is 0 Å². The molecule has 0 amide bonds. The maximum absolute atomic E-state index is 12.5. The zero-order valence-corrected chi connectivity index (χ0v) is 12.4. The first-order valence-electron chi connectivity index (χ1n) is 6.70. The molecule has 0 N–H and O–H groups in total. The van der Waals surface area contributed by atoms with Gasteiger partial charge < -0.3 is 4.74 Å². The molecule has 1 aromatic heterocycles. The van der Waals surface area contributed by atoms with E-state index < -0.39 is 28.9 Å². The van der Waals surface area contributed by atoms with Crippen molar-refractivity contribution in [2.24, 2.45) is 5.92 Å². The highest BCUT2D eigenvalue weighted by atomic mass is 19.4. The Hall–Kier alpha value is -1.43. The molecule has 1 atom stereocenters. The topological polar surface area (TPSA) is 39.2 Å². The quantitative estimate of drug-likeness (QED) is 0.778. The molecule has 1 saturated heterocycles. The summed E-state index contributed by atoms with van der Waals surface area (Å²) in [5.41, 5.74) is -1.91. The minimum Gasteiger partial charge on any atom is -0.369 e. The van der Waals surface area contributed by atoms with Gasteiger partial charge in [0.25, 0.3) is 0 Å². The van der Waals surface area contributed by atoms with E-state index in [1.54, 1.807) is 0 Å². The number of carbonyl (C=O) groups excluding carboxylic acids is 1. The third kappa shape index (κ3) is 3.26. The van der Waals surface area contributed by atoms with Crippen LogP contribution in [0.5, 0.6) is 0 Å². The summed E-state index contributed by atoms with van der Waals surface area (Å²) in [4.78, 5) is 16.2. The number of ketones is 1. The number of carbonyl (C=O) groups is 1. The molecule has 6 heteroatoms. The minimum absolute atomic E-state index is 0.0439. The molecule has 0 bridgehead atoms. The Balaban J connectivity index is 2.25. The highest BCUT2D eigenvalue weighted by Crippen LogP contribution is 2.43. The van der Waals surface area contributed by atoms with Crippen LogP contribution in [0.2, 0.25) is 0 Å². The van der Waals surface area contributed by atoms with Crippen molar-refractivity contribution in [2.45, 2.75) is 51.5 Å². The van der Waals surface area contributed by atoms with Gasteiger partial charge in [0.05, 0.1) is 22.7 Å². The number of Topliss-reactive ketones (excluding diaryl/α,β-unsaturated/α-hetero) is 1. The number of aromatic nitrogens is 1. The highest BCUT2D eigenvalue weighted by Gasteiger charge is 2.49. The lowest BCUT2D eigenvalue weighted by atomic mass is 9.83. The van der Waals surface area contributed by atoms with Crippen LogP contribution in [0.1, 0.15) is 50.2 Å². The Bertz CT molecular complexity index is 547. The number of pyridine rings is 1. The van der Waals surface area contributed by atoms with Crippen LogP contribution in [0.4, 0.5) is 13.2 Å². The van der Waals surface area contributed by atoms with Gasteiger partial charge in [-0.2, -0.15) is 13.2 Å². The number of rotatable bonds is 2. The van der Waals surface area contributed by atoms with E-state index in [1.807, 2.05) is 27.7 Å². The van der Waals surface area contributed by atoms with Gasteiger partial charge in [0.2, 0.25) is 0 Å². The first kappa shape index (κ1) is 15.9. The van der Waals surface area contributed by atoms with Crippen molar-refractivity contribution < 1.29 is 22.7 Å². The maximum atomic E-state index is 12.5. The van der Waals surface area contributed by atoms with E-state index in [0.717, 1.165) is 12.1 Å². The van der Waals surface area contributed by atoms with Gasteiger partial charge in [-0.3, -0.25) is 9.78 Å². The summed E-state index contributed by atoms with van der Waals surface area (Å²) in [5, 5.41) is 0. The van der Waals surface area contributed by atoms with Crippen molar-refractivity contribution in [2.75, 3.05) is 0 Å². The van der Waals surface area contributed by atoms with Crippen molar-refractivity contribution in [3.8, 4) is 0 Å². The highest BCUT2D eigenvalue weighted by molar-refractivity contribution is 5.97. The fourth-order valence-electron chi connectivity index (χ4n) is 2.86. The van der Waals surface area contributed by atoms with Crippen LogP contribution in [0, 0.1) is 5.92 Å². The van der Waals surface area contributed by atoms with Gasteiger partial charge in [-0.25, -0.2) is 0 Å². The average Bonchev–Trinajstić information content (AvgIpc) is 2.55. The molecule has 0 aromatic carbocycles. The second-order valence-electron chi connectivity index (χ2n) is 6.52. The van der Waals surface area contributed by atoms with Gasteiger partial charge >= 0.3 is 6.18 Å². The molecular formula is C15H18F3NO2. The van der Waals surface area contributed by atoms with Crippen molar-refractivity contribution >= 4 is 5.78 Å². The van der Waals surface area contributed by atoms with E-state index in [-0.39, 0.29) is 11.5 Å². The summed E-state index contributed by atoms with van der Waals surface area (Å²) in [6.45, 7) is 7.41. The fraction of sp³-hybridized carbons (Fsp3) is 0.600. The third-order valence-electron chi connectivity index (χ3n) is 3.73. The van der Waals surface area contributed by atoms with Gasteiger partial charge in [0, 0.05) is 6.20 Å². The molecule has 0 saturated carbocycles. The first-order valence-corrected chi connectivity index (χ1v) is 6.70. The number of hydrogen-bond donors (Lipinski definition) is 0.